The first-order valence-electron chi connectivity index (χ1n) is 7.54. The maximum absolute atomic E-state index is 12.2. The normalized spacial score (nSPS) is 14.0. The van der Waals surface area contributed by atoms with Gasteiger partial charge in [-0.1, -0.05) is 0 Å². The summed E-state index contributed by atoms with van der Waals surface area (Å²) >= 11 is 0. The third kappa shape index (κ3) is 4.08. The molecule has 0 atom stereocenters. The molecule has 1 aliphatic heterocycles. The van der Waals surface area contributed by atoms with Crippen LogP contribution in [0.1, 0.15) is 10.4 Å². The fourth-order valence-corrected chi connectivity index (χ4v) is 2.40. The van der Waals surface area contributed by atoms with Crippen molar-refractivity contribution in [3.63, 3.8) is 0 Å². The van der Waals surface area contributed by atoms with Crippen molar-refractivity contribution >= 4 is 17.6 Å². The molecule has 0 aromatic heterocycles. The molecular weight excluding hydrogens is 316 g/mol. The first-order valence-corrected chi connectivity index (χ1v) is 7.54. The SMILES string of the molecule is COC(=O)c1cc(OC)c(OC)cc1NCC(=O)N1CCOCC1. The van der Waals surface area contributed by atoms with Crippen LogP contribution in [-0.2, 0) is 14.3 Å². The maximum atomic E-state index is 12.2. The predicted octanol–water partition coefficient (Wildman–Crippen LogP) is 0.761. The predicted molar refractivity (Wildman–Crippen MR) is 86.8 cm³/mol. The Labute approximate surface area is 140 Å². The van der Waals surface area contributed by atoms with Crippen LogP contribution >= 0.6 is 0 Å². The average molecular weight is 338 g/mol. The Hall–Kier alpha value is -2.48. The Balaban J connectivity index is 2.17. The Morgan fingerprint density at radius 1 is 1.12 bits per heavy atom. The van der Waals surface area contributed by atoms with Gasteiger partial charge in [0.05, 0.1) is 52.3 Å². The van der Waals surface area contributed by atoms with Crippen LogP contribution in [0, 0.1) is 0 Å². The first-order chi connectivity index (χ1) is 11.6. The highest BCUT2D eigenvalue weighted by atomic mass is 16.5. The Kier molecular flexibility index (Phi) is 6.25. The number of ether oxygens (including phenoxy) is 4. The van der Waals surface area contributed by atoms with Crippen molar-refractivity contribution in [2.45, 2.75) is 0 Å². The van der Waals surface area contributed by atoms with Gasteiger partial charge >= 0.3 is 5.97 Å². The number of hydrogen-bond acceptors (Lipinski definition) is 7. The van der Waals surface area contributed by atoms with E-state index < -0.39 is 5.97 Å². The van der Waals surface area contributed by atoms with Crippen LogP contribution in [-0.4, -0.2) is 71.0 Å². The molecule has 1 saturated heterocycles. The standard InChI is InChI=1S/C16H22N2O6/c1-21-13-8-11(16(20)23-3)12(9-14(13)22-2)17-10-15(19)18-4-6-24-7-5-18/h8-9,17H,4-7,10H2,1-3H3. The summed E-state index contributed by atoms with van der Waals surface area (Å²) in [5, 5.41) is 2.98. The first kappa shape index (κ1) is 17.9. The van der Waals surface area contributed by atoms with Crippen molar-refractivity contribution in [2.75, 3.05) is 59.5 Å². The third-order valence-electron chi connectivity index (χ3n) is 3.72. The van der Waals surface area contributed by atoms with Crippen LogP contribution in [0.2, 0.25) is 0 Å². The summed E-state index contributed by atoms with van der Waals surface area (Å²) in [4.78, 5) is 25.9. The maximum Gasteiger partial charge on any atom is 0.340 e. The van der Waals surface area contributed by atoms with Gasteiger partial charge in [-0.25, -0.2) is 4.79 Å². The molecule has 8 nitrogen and oxygen atoms in total. The molecule has 0 bridgehead atoms. The van der Waals surface area contributed by atoms with Gasteiger partial charge in [0.2, 0.25) is 5.91 Å². The zero-order chi connectivity index (χ0) is 17.5. The molecule has 2 rings (SSSR count). The monoisotopic (exact) mass is 338 g/mol. The van der Waals surface area contributed by atoms with Gasteiger partial charge in [0.25, 0.3) is 0 Å². The molecule has 1 aromatic carbocycles. The molecule has 132 valence electrons. The second kappa shape index (κ2) is 8.39. The van der Waals surface area contributed by atoms with Gasteiger partial charge in [-0.05, 0) is 0 Å². The number of nitrogens with zero attached hydrogens (tertiary/aromatic N) is 1. The molecule has 24 heavy (non-hydrogen) atoms. The summed E-state index contributed by atoms with van der Waals surface area (Å²) in [6, 6.07) is 3.13. The second-order valence-electron chi connectivity index (χ2n) is 5.09. The van der Waals surface area contributed by atoms with Crippen LogP contribution in [0.15, 0.2) is 12.1 Å². The van der Waals surface area contributed by atoms with Gasteiger partial charge in [0.15, 0.2) is 11.5 Å². The molecule has 1 N–H and O–H groups in total. The highest BCUT2D eigenvalue weighted by Gasteiger charge is 2.20. The largest absolute Gasteiger partial charge is 0.493 e. The molecular formula is C16H22N2O6. The number of methoxy groups -OCH3 is 3. The lowest BCUT2D eigenvalue weighted by molar-refractivity contribution is -0.133. The van der Waals surface area contributed by atoms with Crippen LogP contribution in [0.4, 0.5) is 5.69 Å². The lowest BCUT2D eigenvalue weighted by atomic mass is 10.1. The summed E-state index contributed by atoms with van der Waals surface area (Å²) in [6.07, 6.45) is 0. The zero-order valence-electron chi connectivity index (χ0n) is 14.1. The average Bonchev–Trinajstić information content (AvgIpc) is 2.65. The number of nitrogens with one attached hydrogen (secondary N) is 1. The number of benzene rings is 1. The van der Waals surface area contributed by atoms with E-state index in [1.807, 2.05) is 0 Å². The number of esters is 1. The summed E-state index contributed by atoms with van der Waals surface area (Å²) in [5.74, 6) is 0.260. The van der Waals surface area contributed by atoms with Gasteiger partial charge in [-0.2, -0.15) is 0 Å². The minimum Gasteiger partial charge on any atom is -0.493 e. The van der Waals surface area contributed by atoms with Crippen LogP contribution in [0.25, 0.3) is 0 Å². The molecule has 8 heteroatoms. The highest BCUT2D eigenvalue weighted by molar-refractivity contribution is 5.97. The Bertz CT molecular complexity index is 598. The number of anilines is 1. The van der Waals surface area contributed by atoms with Crippen molar-refractivity contribution < 1.29 is 28.5 Å². The van der Waals surface area contributed by atoms with Crippen molar-refractivity contribution in [3.05, 3.63) is 17.7 Å². The summed E-state index contributed by atoms with van der Waals surface area (Å²) < 4.78 is 20.5. The van der Waals surface area contributed by atoms with Crippen molar-refractivity contribution in [3.8, 4) is 11.5 Å². The minimum atomic E-state index is -0.530. The lowest BCUT2D eigenvalue weighted by Gasteiger charge is -2.27. The molecule has 1 aliphatic rings. The van der Waals surface area contributed by atoms with E-state index in [1.54, 1.807) is 11.0 Å². The van der Waals surface area contributed by atoms with Crippen molar-refractivity contribution in [1.29, 1.82) is 0 Å². The number of morpholine rings is 1. The van der Waals surface area contributed by atoms with Crippen LogP contribution < -0.4 is 14.8 Å². The van der Waals surface area contributed by atoms with Gasteiger partial charge < -0.3 is 29.2 Å². The molecule has 0 aliphatic carbocycles. The van der Waals surface area contributed by atoms with Gasteiger partial charge in [0, 0.05) is 25.2 Å². The molecule has 1 aromatic rings. The minimum absolute atomic E-state index is 0.0550. The number of rotatable bonds is 6. The van der Waals surface area contributed by atoms with E-state index in [1.165, 1.54) is 27.4 Å². The number of hydrogen-bond donors (Lipinski definition) is 1. The van der Waals surface area contributed by atoms with E-state index in [0.717, 1.165) is 0 Å². The Morgan fingerprint density at radius 2 is 1.75 bits per heavy atom. The molecule has 0 unspecified atom stereocenters. The molecule has 0 radical (unpaired) electrons. The summed E-state index contributed by atoms with van der Waals surface area (Å²) in [6.45, 7) is 2.26. The molecule has 1 fully saturated rings. The van der Waals surface area contributed by atoms with E-state index in [4.69, 9.17) is 18.9 Å². The second-order valence-corrected chi connectivity index (χ2v) is 5.09. The van der Waals surface area contributed by atoms with E-state index in [2.05, 4.69) is 5.32 Å². The van der Waals surface area contributed by atoms with Crippen LogP contribution in [0.3, 0.4) is 0 Å². The summed E-state index contributed by atoms with van der Waals surface area (Å²) in [5.41, 5.74) is 0.714. The number of carbonyl (C=O) groups is 2. The lowest BCUT2D eigenvalue weighted by Crippen LogP contribution is -2.43. The van der Waals surface area contributed by atoms with E-state index in [0.29, 0.717) is 43.5 Å². The zero-order valence-corrected chi connectivity index (χ0v) is 14.1. The highest BCUT2D eigenvalue weighted by Crippen LogP contribution is 2.33. The van der Waals surface area contributed by atoms with Crippen molar-refractivity contribution in [2.24, 2.45) is 0 Å². The third-order valence-corrected chi connectivity index (χ3v) is 3.72. The Morgan fingerprint density at radius 3 is 2.33 bits per heavy atom. The van der Waals surface area contributed by atoms with E-state index in [9.17, 15) is 9.59 Å². The van der Waals surface area contributed by atoms with Gasteiger partial charge in [0.1, 0.15) is 0 Å². The van der Waals surface area contributed by atoms with E-state index >= 15 is 0 Å². The molecule has 1 heterocycles. The fraction of sp³-hybridized carbons (Fsp3) is 0.500. The summed E-state index contributed by atoms with van der Waals surface area (Å²) in [7, 11) is 4.27. The van der Waals surface area contributed by atoms with Gasteiger partial charge in [-0.15, -0.1) is 0 Å². The quantitative estimate of drug-likeness (QED) is 0.766. The molecule has 0 saturated carbocycles. The number of carbonyl (C=O) groups excluding carboxylic acids is 2. The topological polar surface area (TPSA) is 86.3 Å². The van der Waals surface area contributed by atoms with Gasteiger partial charge in [-0.3, -0.25) is 4.79 Å². The molecule has 1 amide bonds. The van der Waals surface area contributed by atoms with Crippen LogP contribution in [0.5, 0.6) is 11.5 Å². The number of amides is 1. The molecule has 0 spiro atoms. The smallest absolute Gasteiger partial charge is 0.340 e. The van der Waals surface area contributed by atoms with E-state index in [-0.39, 0.29) is 18.0 Å². The van der Waals surface area contributed by atoms with Crippen molar-refractivity contribution in [1.82, 2.24) is 4.90 Å². The fourth-order valence-electron chi connectivity index (χ4n) is 2.40.